The molecule has 1 aliphatic carbocycles. The van der Waals surface area contributed by atoms with Crippen molar-refractivity contribution < 1.29 is 19.1 Å². The van der Waals surface area contributed by atoms with Crippen LogP contribution in [0, 0.1) is 5.92 Å². The molecule has 2 heterocycles. The molecule has 184 valence electrons. The molecule has 4 rings (SSSR count). The molecule has 0 spiro atoms. The summed E-state index contributed by atoms with van der Waals surface area (Å²) < 4.78 is 5.43. The van der Waals surface area contributed by atoms with E-state index in [1.54, 1.807) is 14.0 Å². The Morgan fingerprint density at radius 3 is 2.29 bits per heavy atom. The number of urea groups is 1. The van der Waals surface area contributed by atoms with E-state index in [-0.39, 0.29) is 24.5 Å². The molecule has 8 heteroatoms. The average Bonchev–Trinajstić information content (AvgIpc) is 3.67. The number of hydrogen-bond donors (Lipinski definition) is 1. The standard InChI is InChI=1S/C26H36N4O4/c1-5-34-25(32)22-21(16-29-12-14-30(15-13-29)24(31)20-10-11-20)28(4)26(33)27-23(22)19-8-6-18(7-9-19)17(2)3/h6-9,17,20,23H,5,10-16H2,1-4H3,(H,27,33)/t23-/m1/s1. The van der Waals surface area contributed by atoms with Gasteiger partial charge in [0.05, 0.1) is 18.2 Å². The molecule has 2 fully saturated rings. The van der Waals surface area contributed by atoms with Gasteiger partial charge >= 0.3 is 12.0 Å². The van der Waals surface area contributed by atoms with E-state index in [0.29, 0.717) is 49.9 Å². The molecule has 1 saturated carbocycles. The van der Waals surface area contributed by atoms with Gasteiger partial charge in [0.25, 0.3) is 0 Å². The van der Waals surface area contributed by atoms with E-state index in [9.17, 15) is 14.4 Å². The van der Waals surface area contributed by atoms with Gasteiger partial charge in [0, 0.05) is 51.4 Å². The highest BCUT2D eigenvalue weighted by atomic mass is 16.5. The van der Waals surface area contributed by atoms with Crippen LogP contribution in [-0.2, 0) is 14.3 Å². The first-order chi connectivity index (χ1) is 16.3. The number of carbonyl (C=O) groups excluding carboxylic acids is 3. The van der Waals surface area contributed by atoms with Crippen molar-refractivity contribution in [3.8, 4) is 0 Å². The second-order valence-electron chi connectivity index (χ2n) is 9.72. The maximum absolute atomic E-state index is 13.2. The van der Waals surface area contributed by atoms with Crippen molar-refractivity contribution in [3.63, 3.8) is 0 Å². The van der Waals surface area contributed by atoms with Crippen LogP contribution in [0.4, 0.5) is 4.79 Å². The molecular weight excluding hydrogens is 432 g/mol. The highest BCUT2D eigenvalue weighted by Crippen LogP contribution is 2.33. The Balaban J connectivity index is 1.60. The van der Waals surface area contributed by atoms with Gasteiger partial charge in [0.2, 0.25) is 5.91 Å². The predicted octanol–water partition coefficient (Wildman–Crippen LogP) is 2.88. The van der Waals surface area contributed by atoms with Crippen LogP contribution in [0.15, 0.2) is 35.5 Å². The van der Waals surface area contributed by atoms with Gasteiger partial charge in [-0.15, -0.1) is 0 Å². The smallest absolute Gasteiger partial charge is 0.338 e. The van der Waals surface area contributed by atoms with E-state index in [1.807, 2.05) is 29.2 Å². The Labute approximate surface area is 201 Å². The molecule has 3 aliphatic rings. The molecule has 1 atom stereocenters. The molecular formula is C26H36N4O4. The summed E-state index contributed by atoms with van der Waals surface area (Å²) in [5.74, 6) is 0.470. The Hall–Kier alpha value is -2.87. The number of esters is 1. The van der Waals surface area contributed by atoms with E-state index in [4.69, 9.17) is 4.74 Å². The first-order valence-electron chi connectivity index (χ1n) is 12.4. The molecule has 1 aromatic rings. The zero-order chi connectivity index (χ0) is 24.4. The largest absolute Gasteiger partial charge is 0.463 e. The Morgan fingerprint density at radius 1 is 1.09 bits per heavy atom. The average molecular weight is 469 g/mol. The van der Waals surface area contributed by atoms with Crippen molar-refractivity contribution in [2.45, 2.75) is 45.6 Å². The minimum Gasteiger partial charge on any atom is -0.463 e. The predicted molar refractivity (Wildman–Crippen MR) is 129 cm³/mol. The quantitative estimate of drug-likeness (QED) is 0.623. The van der Waals surface area contributed by atoms with Crippen molar-refractivity contribution in [1.29, 1.82) is 0 Å². The minimum atomic E-state index is -0.573. The van der Waals surface area contributed by atoms with Crippen LogP contribution in [0.25, 0.3) is 0 Å². The molecule has 8 nitrogen and oxygen atoms in total. The molecule has 2 aliphatic heterocycles. The molecule has 0 aromatic heterocycles. The first kappa shape index (κ1) is 24.3. The van der Waals surface area contributed by atoms with Crippen LogP contribution in [0.2, 0.25) is 0 Å². The molecule has 1 aromatic carbocycles. The van der Waals surface area contributed by atoms with Crippen molar-refractivity contribution in [3.05, 3.63) is 46.7 Å². The van der Waals surface area contributed by atoms with Crippen molar-refractivity contribution >= 4 is 17.9 Å². The third kappa shape index (κ3) is 5.12. The molecule has 1 N–H and O–H groups in total. The summed E-state index contributed by atoms with van der Waals surface area (Å²) in [6.07, 6.45) is 2.02. The fourth-order valence-corrected chi connectivity index (χ4v) is 4.65. The second kappa shape index (κ2) is 10.2. The molecule has 0 radical (unpaired) electrons. The van der Waals surface area contributed by atoms with E-state index >= 15 is 0 Å². The number of nitrogens with one attached hydrogen (secondary N) is 1. The molecule has 1 saturated heterocycles. The van der Waals surface area contributed by atoms with E-state index in [2.05, 4.69) is 24.1 Å². The van der Waals surface area contributed by atoms with Crippen LogP contribution in [0.5, 0.6) is 0 Å². The normalized spacial score (nSPS) is 21.7. The van der Waals surface area contributed by atoms with Crippen molar-refractivity contribution in [2.24, 2.45) is 5.92 Å². The summed E-state index contributed by atoms with van der Waals surface area (Å²) >= 11 is 0. The number of likely N-dealkylation sites (N-methyl/N-ethyl adjacent to an activating group) is 1. The van der Waals surface area contributed by atoms with Gasteiger partial charge < -0.3 is 15.0 Å². The number of carbonyl (C=O) groups is 3. The van der Waals surface area contributed by atoms with Crippen molar-refractivity contribution in [2.75, 3.05) is 46.4 Å². The van der Waals surface area contributed by atoms with Gasteiger partial charge in [0.1, 0.15) is 0 Å². The van der Waals surface area contributed by atoms with Gasteiger partial charge in [0.15, 0.2) is 0 Å². The fraction of sp³-hybridized carbons (Fsp3) is 0.577. The number of amides is 3. The van der Waals surface area contributed by atoms with Crippen LogP contribution in [0.1, 0.15) is 56.7 Å². The summed E-state index contributed by atoms with van der Waals surface area (Å²) in [4.78, 5) is 44.2. The fourth-order valence-electron chi connectivity index (χ4n) is 4.65. The van der Waals surface area contributed by atoms with E-state index in [1.165, 1.54) is 10.5 Å². The van der Waals surface area contributed by atoms with Gasteiger partial charge in [-0.05, 0) is 36.8 Å². The van der Waals surface area contributed by atoms with E-state index in [0.717, 1.165) is 18.4 Å². The number of nitrogens with zero attached hydrogens (tertiary/aromatic N) is 3. The highest BCUT2D eigenvalue weighted by molar-refractivity contribution is 5.95. The molecule has 34 heavy (non-hydrogen) atoms. The molecule has 0 bridgehead atoms. The topological polar surface area (TPSA) is 82.2 Å². The maximum Gasteiger partial charge on any atom is 0.338 e. The summed E-state index contributed by atoms with van der Waals surface area (Å²) in [5, 5.41) is 2.99. The third-order valence-electron chi connectivity index (χ3n) is 6.99. The number of rotatable bonds is 7. The lowest BCUT2D eigenvalue weighted by atomic mass is 9.92. The van der Waals surface area contributed by atoms with Gasteiger partial charge in [-0.3, -0.25) is 14.6 Å². The van der Waals surface area contributed by atoms with Crippen LogP contribution >= 0.6 is 0 Å². The number of ether oxygens (including phenoxy) is 1. The number of benzene rings is 1. The number of piperazine rings is 1. The SMILES string of the molecule is CCOC(=O)C1=C(CN2CCN(C(=O)C3CC3)CC2)N(C)C(=O)N[C@@H]1c1ccc(C(C)C)cc1. The van der Waals surface area contributed by atoms with Crippen LogP contribution in [-0.4, -0.2) is 79.0 Å². The van der Waals surface area contributed by atoms with Crippen molar-refractivity contribution in [1.82, 2.24) is 20.0 Å². The third-order valence-corrected chi connectivity index (χ3v) is 6.99. The maximum atomic E-state index is 13.2. The molecule has 3 amide bonds. The van der Waals surface area contributed by atoms with Gasteiger partial charge in [-0.25, -0.2) is 9.59 Å². The summed E-state index contributed by atoms with van der Waals surface area (Å²) in [7, 11) is 1.69. The number of hydrogen-bond acceptors (Lipinski definition) is 5. The summed E-state index contributed by atoms with van der Waals surface area (Å²) in [6, 6.07) is 7.22. The zero-order valence-electron chi connectivity index (χ0n) is 20.7. The summed E-state index contributed by atoms with van der Waals surface area (Å²) in [6.45, 7) is 9.52. The Bertz CT molecular complexity index is 960. The lowest BCUT2D eigenvalue weighted by Crippen LogP contribution is -2.53. The Kier molecular flexibility index (Phi) is 7.26. The van der Waals surface area contributed by atoms with E-state index < -0.39 is 12.0 Å². The van der Waals surface area contributed by atoms with Gasteiger partial charge in [-0.1, -0.05) is 38.1 Å². The monoisotopic (exact) mass is 468 g/mol. The minimum absolute atomic E-state index is 0.223. The van der Waals surface area contributed by atoms with Crippen LogP contribution < -0.4 is 5.32 Å². The zero-order valence-corrected chi connectivity index (χ0v) is 20.7. The second-order valence-corrected chi connectivity index (χ2v) is 9.72. The molecule has 0 unspecified atom stereocenters. The van der Waals surface area contributed by atoms with Crippen LogP contribution in [0.3, 0.4) is 0 Å². The Morgan fingerprint density at radius 2 is 1.74 bits per heavy atom. The highest BCUT2D eigenvalue weighted by Gasteiger charge is 2.38. The lowest BCUT2D eigenvalue weighted by molar-refractivity contribution is -0.139. The summed E-state index contributed by atoms with van der Waals surface area (Å²) in [5.41, 5.74) is 3.18. The van der Waals surface area contributed by atoms with Gasteiger partial charge in [-0.2, -0.15) is 0 Å². The first-order valence-corrected chi connectivity index (χ1v) is 12.4. The lowest BCUT2D eigenvalue weighted by Gasteiger charge is -2.39.